The lowest BCUT2D eigenvalue weighted by Crippen LogP contribution is -2.49. The quantitative estimate of drug-likeness (QED) is 0.774. The average molecular weight is 376 g/mol. The second-order valence-corrected chi connectivity index (χ2v) is 8.36. The van der Waals surface area contributed by atoms with Gasteiger partial charge in [-0.25, -0.2) is 0 Å². The fraction of sp³-hybridized carbons (Fsp3) is 0.889. The standard InChI is InChI=1S/C18H27F3N2O3/c1-9(13-6-11-3-4-12(13)5-11)22-16(24)10(2)23-7-14(17(25)26)15(8-23)18(19,20)21/h9-15H,3-8H2,1-2H3,(H,22,24)(H,25,26)/t9?,10?,11?,12?,13?,14-,15-/m1/s1. The zero-order valence-corrected chi connectivity index (χ0v) is 15.1. The van der Waals surface area contributed by atoms with Crippen LogP contribution in [0.15, 0.2) is 0 Å². The van der Waals surface area contributed by atoms with E-state index in [-0.39, 0.29) is 18.5 Å². The second kappa shape index (κ2) is 7.02. The molecule has 8 heteroatoms. The first kappa shape index (κ1) is 19.5. The highest BCUT2D eigenvalue weighted by Gasteiger charge is 2.53. The van der Waals surface area contributed by atoms with Gasteiger partial charge in [0.25, 0.3) is 0 Å². The molecule has 1 heterocycles. The lowest BCUT2D eigenvalue weighted by Gasteiger charge is -2.31. The Balaban J connectivity index is 1.59. The molecule has 3 fully saturated rings. The summed E-state index contributed by atoms with van der Waals surface area (Å²) < 4.78 is 39.4. The van der Waals surface area contributed by atoms with Crippen molar-refractivity contribution in [2.45, 2.75) is 57.8 Å². The molecule has 0 spiro atoms. The van der Waals surface area contributed by atoms with Crippen LogP contribution in [0.1, 0.15) is 39.5 Å². The summed E-state index contributed by atoms with van der Waals surface area (Å²) in [4.78, 5) is 25.1. The Morgan fingerprint density at radius 3 is 2.31 bits per heavy atom. The van der Waals surface area contributed by atoms with Crippen molar-refractivity contribution in [3.8, 4) is 0 Å². The van der Waals surface area contributed by atoms with Gasteiger partial charge in [-0.05, 0) is 50.9 Å². The van der Waals surface area contributed by atoms with Gasteiger partial charge in [0, 0.05) is 19.1 Å². The van der Waals surface area contributed by atoms with Crippen LogP contribution in [-0.4, -0.2) is 53.2 Å². The van der Waals surface area contributed by atoms with Crippen LogP contribution < -0.4 is 5.32 Å². The van der Waals surface area contributed by atoms with E-state index in [1.807, 2.05) is 6.92 Å². The summed E-state index contributed by atoms with van der Waals surface area (Å²) >= 11 is 0. The molecule has 2 bridgehead atoms. The minimum Gasteiger partial charge on any atom is -0.481 e. The van der Waals surface area contributed by atoms with Crippen LogP contribution in [0.25, 0.3) is 0 Å². The molecule has 5 unspecified atom stereocenters. The zero-order chi connectivity index (χ0) is 19.2. The van der Waals surface area contributed by atoms with E-state index in [9.17, 15) is 22.8 Å². The van der Waals surface area contributed by atoms with Crippen molar-refractivity contribution in [1.82, 2.24) is 10.2 Å². The topological polar surface area (TPSA) is 69.6 Å². The van der Waals surface area contributed by atoms with Crippen LogP contribution in [0.2, 0.25) is 0 Å². The molecule has 2 saturated carbocycles. The summed E-state index contributed by atoms with van der Waals surface area (Å²) in [6.07, 6.45) is 0.220. The summed E-state index contributed by atoms with van der Waals surface area (Å²) in [7, 11) is 0. The van der Waals surface area contributed by atoms with Gasteiger partial charge in [0.05, 0.1) is 17.9 Å². The van der Waals surface area contributed by atoms with Crippen molar-refractivity contribution in [3.05, 3.63) is 0 Å². The van der Waals surface area contributed by atoms with E-state index < -0.39 is 36.6 Å². The lowest BCUT2D eigenvalue weighted by atomic mass is 9.84. The molecule has 1 saturated heterocycles. The number of hydrogen-bond donors (Lipinski definition) is 2. The van der Waals surface area contributed by atoms with Crippen LogP contribution >= 0.6 is 0 Å². The molecule has 1 amide bonds. The number of alkyl halides is 3. The maximum atomic E-state index is 13.1. The van der Waals surface area contributed by atoms with Crippen LogP contribution in [-0.2, 0) is 9.59 Å². The molecule has 3 rings (SSSR count). The number of carboxylic acid groups (broad SMARTS) is 1. The van der Waals surface area contributed by atoms with Gasteiger partial charge in [0.1, 0.15) is 0 Å². The summed E-state index contributed by atoms with van der Waals surface area (Å²) in [5.41, 5.74) is 0. The largest absolute Gasteiger partial charge is 0.481 e. The monoisotopic (exact) mass is 376 g/mol. The maximum Gasteiger partial charge on any atom is 0.393 e. The van der Waals surface area contributed by atoms with E-state index in [0.29, 0.717) is 11.8 Å². The van der Waals surface area contributed by atoms with Gasteiger partial charge < -0.3 is 10.4 Å². The normalized spacial score (nSPS) is 36.9. The summed E-state index contributed by atoms with van der Waals surface area (Å²) in [6.45, 7) is 2.83. The fourth-order valence-corrected chi connectivity index (χ4v) is 5.26. The third-order valence-electron chi connectivity index (χ3n) is 6.82. The summed E-state index contributed by atoms with van der Waals surface area (Å²) in [5, 5.41) is 12.1. The molecule has 0 aromatic rings. The average Bonchev–Trinajstić information content (AvgIpc) is 3.27. The number of nitrogens with zero attached hydrogens (tertiary/aromatic N) is 1. The van der Waals surface area contributed by atoms with Gasteiger partial charge in [-0.1, -0.05) is 6.42 Å². The molecule has 5 nitrogen and oxygen atoms in total. The number of amides is 1. The Morgan fingerprint density at radius 2 is 1.85 bits per heavy atom. The second-order valence-electron chi connectivity index (χ2n) is 8.36. The van der Waals surface area contributed by atoms with Gasteiger partial charge in [-0.3, -0.25) is 14.5 Å². The number of carbonyl (C=O) groups excluding carboxylic acids is 1. The summed E-state index contributed by atoms with van der Waals surface area (Å²) in [5.74, 6) is -3.39. The molecule has 0 radical (unpaired) electrons. The minimum atomic E-state index is -4.58. The van der Waals surface area contributed by atoms with Crippen LogP contribution in [0, 0.1) is 29.6 Å². The van der Waals surface area contributed by atoms with Gasteiger partial charge in [-0.2, -0.15) is 13.2 Å². The van der Waals surface area contributed by atoms with E-state index in [2.05, 4.69) is 5.32 Å². The number of fused-ring (bicyclic) bond motifs is 2. The fourth-order valence-electron chi connectivity index (χ4n) is 5.26. The SMILES string of the molecule is CC(NC(=O)C(C)N1C[C@@H](C(F)(F)F)[C@H](C(=O)O)C1)C1CC2CCC1C2. The Labute approximate surface area is 151 Å². The molecule has 7 atom stereocenters. The molecule has 148 valence electrons. The van der Waals surface area contributed by atoms with Crippen molar-refractivity contribution in [2.75, 3.05) is 13.1 Å². The van der Waals surface area contributed by atoms with E-state index in [1.54, 1.807) is 6.92 Å². The predicted octanol–water partition coefficient (Wildman–Crippen LogP) is 2.51. The smallest absolute Gasteiger partial charge is 0.393 e. The van der Waals surface area contributed by atoms with Gasteiger partial charge >= 0.3 is 12.1 Å². The van der Waals surface area contributed by atoms with Crippen molar-refractivity contribution in [1.29, 1.82) is 0 Å². The first-order valence-electron chi connectivity index (χ1n) is 9.41. The number of carboxylic acids is 1. The number of halogens is 3. The van der Waals surface area contributed by atoms with E-state index in [0.717, 1.165) is 12.3 Å². The van der Waals surface area contributed by atoms with Gasteiger partial charge in [0.2, 0.25) is 5.91 Å². The van der Waals surface area contributed by atoms with Crippen LogP contribution in [0.4, 0.5) is 13.2 Å². The first-order chi connectivity index (χ1) is 12.1. The Hall–Kier alpha value is -1.31. The highest BCUT2D eigenvalue weighted by molar-refractivity contribution is 5.82. The molecule has 0 aromatic carbocycles. The number of aliphatic carboxylic acids is 1. The maximum absolute atomic E-state index is 13.1. The summed E-state index contributed by atoms with van der Waals surface area (Å²) in [6, 6.07) is -0.776. The van der Waals surface area contributed by atoms with Crippen molar-refractivity contribution >= 4 is 11.9 Å². The first-order valence-corrected chi connectivity index (χ1v) is 9.41. The van der Waals surface area contributed by atoms with E-state index in [1.165, 1.54) is 24.2 Å². The lowest BCUT2D eigenvalue weighted by molar-refractivity contribution is -0.188. The van der Waals surface area contributed by atoms with E-state index >= 15 is 0 Å². The van der Waals surface area contributed by atoms with Gasteiger partial charge in [0.15, 0.2) is 0 Å². The molecular formula is C18H27F3N2O3. The van der Waals surface area contributed by atoms with Crippen LogP contribution in [0.3, 0.4) is 0 Å². The molecule has 26 heavy (non-hydrogen) atoms. The highest BCUT2D eigenvalue weighted by Crippen LogP contribution is 2.49. The minimum absolute atomic E-state index is 0.00321. The zero-order valence-electron chi connectivity index (χ0n) is 15.1. The van der Waals surface area contributed by atoms with Gasteiger partial charge in [-0.15, -0.1) is 0 Å². The van der Waals surface area contributed by atoms with E-state index in [4.69, 9.17) is 5.11 Å². The Bertz CT molecular complexity index is 568. The molecule has 1 aliphatic heterocycles. The molecule has 2 aliphatic carbocycles. The number of likely N-dealkylation sites (tertiary alicyclic amines) is 1. The van der Waals surface area contributed by atoms with Crippen LogP contribution in [0.5, 0.6) is 0 Å². The third-order valence-corrected chi connectivity index (χ3v) is 6.82. The number of hydrogen-bond acceptors (Lipinski definition) is 3. The predicted molar refractivity (Wildman–Crippen MR) is 88.2 cm³/mol. The van der Waals surface area contributed by atoms with Crippen molar-refractivity contribution < 1.29 is 27.9 Å². The molecule has 3 aliphatic rings. The highest BCUT2D eigenvalue weighted by atomic mass is 19.4. The molecular weight excluding hydrogens is 349 g/mol. The molecule has 2 N–H and O–H groups in total. The third kappa shape index (κ3) is 3.70. The molecule has 0 aromatic heterocycles. The Kier molecular flexibility index (Phi) is 5.25. The Morgan fingerprint density at radius 1 is 1.15 bits per heavy atom. The number of nitrogens with one attached hydrogen (secondary N) is 1. The van der Waals surface area contributed by atoms with Crippen molar-refractivity contribution in [3.63, 3.8) is 0 Å². The number of rotatable bonds is 5. The van der Waals surface area contributed by atoms with Crippen molar-refractivity contribution in [2.24, 2.45) is 29.6 Å². The number of carbonyl (C=O) groups is 2.